The Morgan fingerprint density at radius 3 is 2.43 bits per heavy atom. The predicted octanol–water partition coefficient (Wildman–Crippen LogP) is 3.78. The molecule has 2 atom stereocenters. The molecule has 0 bridgehead atoms. The third-order valence-electron chi connectivity index (χ3n) is 6.21. The molecule has 0 saturated carbocycles. The van der Waals surface area contributed by atoms with Crippen LogP contribution < -0.4 is 10.6 Å². The quantitative estimate of drug-likeness (QED) is 0.477. The highest BCUT2D eigenvalue weighted by molar-refractivity contribution is 7.17. The Morgan fingerprint density at radius 2 is 1.77 bits per heavy atom. The molecule has 0 spiro atoms. The summed E-state index contributed by atoms with van der Waals surface area (Å²) in [7, 11) is 0. The summed E-state index contributed by atoms with van der Waals surface area (Å²) in [5.41, 5.74) is 4.93. The van der Waals surface area contributed by atoms with Crippen LogP contribution in [0.2, 0.25) is 0 Å². The zero-order chi connectivity index (χ0) is 24.5. The number of fused-ring (bicyclic) bond motifs is 3. The molecule has 180 valence electrons. The van der Waals surface area contributed by atoms with Crippen molar-refractivity contribution in [1.82, 2.24) is 10.3 Å². The van der Waals surface area contributed by atoms with E-state index in [1.807, 2.05) is 36.4 Å². The summed E-state index contributed by atoms with van der Waals surface area (Å²) in [5.74, 6) is -1.64. The van der Waals surface area contributed by atoms with E-state index in [1.54, 1.807) is 6.92 Å². The Kier molecular flexibility index (Phi) is 6.23. The van der Waals surface area contributed by atoms with Crippen LogP contribution in [-0.4, -0.2) is 53.4 Å². The zero-order valence-electron chi connectivity index (χ0n) is 18.8. The monoisotopic (exact) mass is 493 g/mol. The summed E-state index contributed by atoms with van der Waals surface area (Å²) < 4.78 is 10.7. The minimum Gasteiger partial charge on any atom is -0.479 e. The summed E-state index contributed by atoms with van der Waals surface area (Å²) in [6, 6.07) is 15.5. The van der Waals surface area contributed by atoms with Gasteiger partial charge in [0.05, 0.1) is 11.7 Å². The first kappa shape index (κ1) is 23.0. The van der Waals surface area contributed by atoms with Crippen LogP contribution in [0, 0.1) is 6.92 Å². The van der Waals surface area contributed by atoms with Gasteiger partial charge in [0.25, 0.3) is 5.91 Å². The summed E-state index contributed by atoms with van der Waals surface area (Å²) in [4.78, 5) is 41.0. The smallest absolute Gasteiger partial charge is 0.413 e. The zero-order valence-corrected chi connectivity index (χ0v) is 19.6. The first-order valence-electron chi connectivity index (χ1n) is 11.2. The van der Waals surface area contributed by atoms with Gasteiger partial charge in [-0.1, -0.05) is 59.9 Å². The van der Waals surface area contributed by atoms with Gasteiger partial charge >= 0.3 is 12.1 Å². The van der Waals surface area contributed by atoms with Gasteiger partial charge in [-0.15, -0.1) is 0 Å². The van der Waals surface area contributed by atoms with Crippen molar-refractivity contribution in [2.45, 2.75) is 31.4 Å². The maximum atomic E-state index is 12.7. The minimum atomic E-state index is -1.12. The molecule has 1 aliphatic carbocycles. The van der Waals surface area contributed by atoms with Crippen LogP contribution in [0.4, 0.5) is 9.93 Å². The van der Waals surface area contributed by atoms with Crippen molar-refractivity contribution in [2.24, 2.45) is 0 Å². The van der Waals surface area contributed by atoms with Crippen molar-refractivity contribution in [2.75, 3.05) is 18.5 Å². The number of carbonyl (C=O) groups excluding carboxylic acids is 2. The topological polar surface area (TPSA) is 127 Å². The van der Waals surface area contributed by atoms with E-state index in [9.17, 15) is 19.5 Å². The number of hydrogen-bond donors (Lipinski definition) is 3. The van der Waals surface area contributed by atoms with Gasteiger partial charge in [0.1, 0.15) is 11.5 Å². The Morgan fingerprint density at radius 1 is 1.11 bits per heavy atom. The third-order valence-corrected chi connectivity index (χ3v) is 7.28. The summed E-state index contributed by atoms with van der Waals surface area (Å²) in [6.07, 6.45) is -1.33. The highest BCUT2D eigenvalue weighted by Gasteiger charge is 2.36. The number of anilines is 1. The molecule has 35 heavy (non-hydrogen) atoms. The highest BCUT2D eigenvalue weighted by atomic mass is 32.1. The second kappa shape index (κ2) is 9.47. The molecule has 10 heteroatoms. The van der Waals surface area contributed by atoms with Crippen molar-refractivity contribution in [3.8, 4) is 11.1 Å². The first-order valence-corrected chi connectivity index (χ1v) is 12.0. The van der Waals surface area contributed by atoms with Gasteiger partial charge in [-0.25, -0.2) is 14.6 Å². The molecular formula is C25H23N3O6S. The molecule has 1 saturated heterocycles. The van der Waals surface area contributed by atoms with E-state index < -0.39 is 30.1 Å². The number of thiazole rings is 1. The van der Waals surface area contributed by atoms with Gasteiger partial charge in [-0.05, 0) is 35.6 Å². The van der Waals surface area contributed by atoms with Crippen LogP contribution >= 0.6 is 11.3 Å². The lowest BCUT2D eigenvalue weighted by Crippen LogP contribution is -2.44. The average Bonchev–Trinajstić information content (AvgIpc) is 3.53. The van der Waals surface area contributed by atoms with Crippen LogP contribution in [0.25, 0.3) is 11.1 Å². The van der Waals surface area contributed by atoms with Crippen molar-refractivity contribution >= 4 is 34.4 Å². The predicted molar refractivity (Wildman–Crippen MR) is 129 cm³/mol. The number of carboxylic acids is 1. The van der Waals surface area contributed by atoms with Gasteiger partial charge in [0.15, 0.2) is 11.2 Å². The molecule has 1 aromatic heterocycles. The SMILES string of the molecule is Cc1nc(NC(=O)OCC2c3ccccc3-c3ccccc32)sc1C(=O)N[C@H]1CCO[C@H]1C(=O)O. The van der Waals surface area contributed by atoms with Crippen LogP contribution in [0.3, 0.4) is 0 Å². The Bertz CT molecular complexity index is 1260. The lowest BCUT2D eigenvalue weighted by molar-refractivity contribution is -0.148. The molecular weight excluding hydrogens is 470 g/mol. The van der Waals surface area contributed by atoms with E-state index in [0.717, 1.165) is 33.6 Å². The van der Waals surface area contributed by atoms with Crippen LogP contribution in [0.1, 0.15) is 38.8 Å². The normalized spacial score (nSPS) is 18.5. The Balaban J connectivity index is 1.22. The number of benzene rings is 2. The number of aromatic nitrogens is 1. The first-order chi connectivity index (χ1) is 16.9. The van der Waals surface area contributed by atoms with E-state index in [1.165, 1.54) is 0 Å². The Hall–Kier alpha value is -3.76. The van der Waals surface area contributed by atoms with Crippen molar-refractivity contribution in [3.05, 3.63) is 70.2 Å². The average molecular weight is 494 g/mol. The van der Waals surface area contributed by atoms with E-state index >= 15 is 0 Å². The molecule has 9 nitrogen and oxygen atoms in total. The molecule has 3 N–H and O–H groups in total. The number of nitrogens with zero attached hydrogens (tertiary/aromatic N) is 1. The van der Waals surface area contributed by atoms with Gasteiger partial charge in [0, 0.05) is 12.5 Å². The number of aliphatic carboxylic acids is 1. The second-order valence-electron chi connectivity index (χ2n) is 8.38. The van der Waals surface area contributed by atoms with Crippen LogP contribution in [-0.2, 0) is 14.3 Å². The molecule has 1 fully saturated rings. The van der Waals surface area contributed by atoms with E-state index in [0.29, 0.717) is 12.1 Å². The second-order valence-corrected chi connectivity index (χ2v) is 9.38. The number of nitrogens with one attached hydrogen (secondary N) is 2. The van der Waals surface area contributed by atoms with E-state index in [2.05, 4.69) is 27.8 Å². The summed E-state index contributed by atoms with van der Waals surface area (Å²) >= 11 is 1.00. The maximum absolute atomic E-state index is 12.7. The fourth-order valence-electron chi connectivity index (χ4n) is 4.60. The van der Waals surface area contributed by atoms with Gasteiger partial charge in [0.2, 0.25) is 0 Å². The molecule has 3 aromatic rings. The number of amides is 2. The van der Waals surface area contributed by atoms with E-state index in [4.69, 9.17) is 9.47 Å². The molecule has 1 aliphatic heterocycles. The molecule has 2 aliphatic rings. The van der Waals surface area contributed by atoms with Crippen molar-refractivity contribution in [1.29, 1.82) is 0 Å². The number of ether oxygens (including phenoxy) is 2. The largest absolute Gasteiger partial charge is 0.479 e. The van der Waals surface area contributed by atoms with Gasteiger partial charge in [-0.3, -0.25) is 10.1 Å². The molecule has 2 amide bonds. The maximum Gasteiger partial charge on any atom is 0.413 e. The van der Waals surface area contributed by atoms with Crippen molar-refractivity contribution < 1.29 is 29.0 Å². The van der Waals surface area contributed by atoms with E-state index in [-0.39, 0.29) is 29.1 Å². The third kappa shape index (κ3) is 4.50. The molecule has 2 heterocycles. The number of hydrogen-bond acceptors (Lipinski definition) is 7. The van der Waals surface area contributed by atoms with Gasteiger partial charge in [-0.2, -0.15) is 0 Å². The van der Waals surface area contributed by atoms with Gasteiger partial charge < -0.3 is 19.9 Å². The minimum absolute atomic E-state index is 0.0664. The molecule has 0 unspecified atom stereocenters. The lowest BCUT2D eigenvalue weighted by atomic mass is 9.98. The highest BCUT2D eigenvalue weighted by Crippen LogP contribution is 2.44. The fraction of sp³-hybridized carbons (Fsp3) is 0.280. The molecule has 5 rings (SSSR count). The molecule has 0 radical (unpaired) electrons. The van der Waals surface area contributed by atoms with Crippen LogP contribution in [0.15, 0.2) is 48.5 Å². The Labute approximate surface area is 205 Å². The summed E-state index contributed by atoms with van der Waals surface area (Å²) in [6.45, 7) is 2.07. The molecule has 2 aromatic carbocycles. The number of carbonyl (C=O) groups is 3. The number of rotatable bonds is 6. The number of aryl methyl sites for hydroxylation is 1. The summed E-state index contributed by atoms with van der Waals surface area (Å²) in [5, 5.41) is 14.7. The van der Waals surface area contributed by atoms with Crippen molar-refractivity contribution in [3.63, 3.8) is 0 Å². The fourth-order valence-corrected chi connectivity index (χ4v) is 5.45. The standard InChI is InChI=1S/C25H23N3O6S/c1-13-21(22(29)27-19-10-11-33-20(19)23(30)31)35-24(26-13)28-25(32)34-12-18-16-8-4-2-6-14(16)15-7-3-5-9-17(15)18/h2-9,18-20H,10-12H2,1H3,(H,27,29)(H,30,31)(H,26,28,32)/t19-,20+/m0/s1. The lowest BCUT2D eigenvalue weighted by Gasteiger charge is -2.15. The van der Waals surface area contributed by atoms with Crippen LogP contribution in [0.5, 0.6) is 0 Å². The number of carboxylic acid groups (broad SMARTS) is 1.